The Morgan fingerprint density at radius 3 is 2.64 bits per heavy atom. The van der Waals surface area contributed by atoms with Gasteiger partial charge in [0.2, 0.25) is 5.91 Å². The lowest BCUT2D eigenvalue weighted by molar-refractivity contribution is -0.142. The molecule has 1 N–H and O–H groups in total. The first kappa shape index (κ1) is 16.8. The average molecular weight is 317 g/mol. The Morgan fingerprint density at radius 2 is 2.00 bits per heavy atom. The molecule has 1 heterocycles. The molecule has 0 saturated carbocycles. The van der Waals surface area contributed by atoms with Crippen LogP contribution in [0.3, 0.4) is 0 Å². The largest absolute Gasteiger partial charge is 0.435 e. The van der Waals surface area contributed by atoms with Gasteiger partial charge >= 0.3 is 6.18 Å². The molecule has 0 aliphatic heterocycles. The van der Waals surface area contributed by atoms with Crippen molar-refractivity contribution in [2.75, 3.05) is 6.54 Å². The minimum atomic E-state index is -4.41. The Bertz CT molecular complexity index is 535. The van der Waals surface area contributed by atoms with Crippen molar-refractivity contribution in [3.8, 4) is 0 Å². The smallest absolute Gasteiger partial charge is 0.354 e. The molecule has 1 aliphatic carbocycles. The number of alkyl halides is 3. The molecule has 0 radical (unpaired) electrons. The van der Waals surface area contributed by atoms with Crippen LogP contribution >= 0.6 is 0 Å². The van der Waals surface area contributed by atoms with Gasteiger partial charge in [-0.25, -0.2) is 0 Å². The van der Waals surface area contributed by atoms with Crippen molar-refractivity contribution in [1.29, 1.82) is 0 Å². The number of carbonyl (C=O) groups is 1. The van der Waals surface area contributed by atoms with Crippen molar-refractivity contribution in [2.24, 2.45) is 5.92 Å². The molecule has 0 saturated heterocycles. The topological polar surface area (TPSA) is 46.9 Å². The van der Waals surface area contributed by atoms with E-state index < -0.39 is 11.9 Å². The zero-order valence-electron chi connectivity index (χ0n) is 13.0. The summed E-state index contributed by atoms with van der Waals surface area (Å²) in [5, 5.41) is 6.50. The standard InChI is InChI=1S/C15H22F3N3O/c1-10(2)9-13(22)19-7-8-21-12-6-4-3-5-11(12)14(20-21)15(16,17)18/h10H,3-9H2,1-2H3,(H,19,22). The second-order valence-electron chi connectivity index (χ2n) is 6.15. The zero-order chi connectivity index (χ0) is 16.3. The van der Waals surface area contributed by atoms with Gasteiger partial charge < -0.3 is 5.32 Å². The van der Waals surface area contributed by atoms with Crippen molar-refractivity contribution in [3.05, 3.63) is 17.0 Å². The van der Waals surface area contributed by atoms with Crippen LogP contribution in [0.15, 0.2) is 0 Å². The van der Waals surface area contributed by atoms with Crippen LogP contribution in [0.2, 0.25) is 0 Å². The molecular weight excluding hydrogens is 295 g/mol. The molecule has 22 heavy (non-hydrogen) atoms. The van der Waals surface area contributed by atoms with Gasteiger partial charge in [-0.2, -0.15) is 18.3 Å². The fraction of sp³-hybridized carbons (Fsp3) is 0.733. The molecule has 0 aromatic carbocycles. The van der Waals surface area contributed by atoms with Crippen molar-refractivity contribution in [1.82, 2.24) is 15.1 Å². The lowest BCUT2D eigenvalue weighted by Crippen LogP contribution is -2.29. The molecule has 1 aliphatic rings. The summed E-state index contributed by atoms with van der Waals surface area (Å²) in [4.78, 5) is 11.6. The first-order valence-electron chi connectivity index (χ1n) is 7.71. The number of aromatic nitrogens is 2. The van der Waals surface area contributed by atoms with Crippen molar-refractivity contribution in [2.45, 2.75) is 58.7 Å². The van der Waals surface area contributed by atoms with E-state index in [9.17, 15) is 18.0 Å². The van der Waals surface area contributed by atoms with Crippen molar-refractivity contribution in [3.63, 3.8) is 0 Å². The van der Waals surface area contributed by atoms with E-state index in [4.69, 9.17) is 0 Å². The molecule has 1 amide bonds. The summed E-state index contributed by atoms with van der Waals surface area (Å²) in [6, 6.07) is 0. The van der Waals surface area contributed by atoms with E-state index in [0.29, 0.717) is 37.1 Å². The van der Waals surface area contributed by atoms with Gasteiger partial charge in [0.1, 0.15) is 0 Å². The second-order valence-corrected chi connectivity index (χ2v) is 6.15. The molecule has 2 rings (SSSR count). The van der Waals surface area contributed by atoms with Gasteiger partial charge in [0.15, 0.2) is 5.69 Å². The van der Waals surface area contributed by atoms with E-state index in [1.807, 2.05) is 13.8 Å². The fourth-order valence-electron chi connectivity index (χ4n) is 2.83. The number of hydrogen-bond acceptors (Lipinski definition) is 2. The van der Waals surface area contributed by atoms with Crippen LogP contribution in [0.4, 0.5) is 13.2 Å². The zero-order valence-corrected chi connectivity index (χ0v) is 13.0. The lowest BCUT2D eigenvalue weighted by atomic mass is 9.95. The summed E-state index contributed by atoms with van der Waals surface area (Å²) in [7, 11) is 0. The summed E-state index contributed by atoms with van der Waals surface area (Å²) in [6.07, 6.45) is -1.27. The minimum absolute atomic E-state index is 0.0768. The summed E-state index contributed by atoms with van der Waals surface area (Å²) < 4.78 is 40.5. The van der Waals surface area contributed by atoms with Crippen LogP contribution in [-0.2, 0) is 30.4 Å². The Hall–Kier alpha value is -1.53. The number of amides is 1. The Labute approximate surface area is 128 Å². The molecule has 1 aromatic heterocycles. The Kier molecular flexibility index (Phi) is 5.13. The molecule has 0 spiro atoms. The van der Waals surface area contributed by atoms with Gasteiger partial charge in [0.05, 0.1) is 6.54 Å². The predicted octanol–water partition coefficient (Wildman–Crippen LogP) is 2.94. The molecular formula is C15H22F3N3O. The Morgan fingerprint density at radius 1 is 1.32 bits per heavy atom. The highest BCUT2D eigenvalue weighted by molar-refractivity contribution is 5.75. The van der Waals surface area contributed by atoms with E-state index in [1.165, 1.54) is 4.68 Å². The summed E-state index contributed by atoms with van der Waals surface area (Å²) in [5.41, 5.74) is 0.264. The molecule has 0 fully saturated rings. The number of carbonyl (C=O) groups excluding carboxylic acids is 1. The fourth-order valence-corrected chi connectivity index (χ4v) is 2.83. The summed E-state index contributed by atoms with van der Waals surface area (Å²) >= 11 is 0. The highest BCUT2D eigenvalue weighted by atomic mass is 19.4. The average Bonchev–Trinajstić information content (AvgIpc) is 2.77. The summed E-state index contributed by atoms with van der Waals surface area (Å²) in [5.74, 6) is 0.182. The molecule has 0 bridgehead atoms. The van der Waals surface area contributed by atoms with Crippen LogP contribution in [0.5, 0.6) is 0 Å². The van der Waals surface area contributed by atoms with Gasteiger partial charge in [0.25, 0.3) is 0 Å². The van der Waals surface area contributed by atoms with Crippen LogP contribution < -0.4 is 5.32 Å². The second kappa shape index (κ2) is 6.71. The predicted molar refractivity (Wildman–Crippen MR) is 76.3 cm³/mol. The van der Waals surface area contributed by atoms with Gasteiger partial charge in [-0.15, -0.1) is 0 Å². The molecule has 0 atom stereocenters. The molecule has 4 nitrogen and oxygen atoms in total. The quantitative estimate of drug-likeness (QED) is 0.907. The van der Waals surface area contributed by atoms with Gasteiger partial charge in [-0.1, -0.05) is 13.8 Å². The van der Waals surface area contributed by atoms with Gasteiger partial charge in [-0.3, -0.25) is 9.48 Å². The van der Waals surface area contributed by atoms with Crippen LogP contribution in [0.1, 0.15) is 50.1 Å². The lowest BCUT2D eigenvalue weighted by Gasteiger charge is -2.15. The maximum Gasteiger partial charge on any atom is 0.435 e. The highest BCUT2D eigenvalue weighted by Crippen LogP contribution is 2.35. The number of rotatable bonds is 5. The van der Waals surface area contributed by atoms with E-state index in [1.54, 1.807) is 0 Å². The highest BCUT2D eigenvalue weighted by Gasteiger charge is 2.39. The van der Waals surface area contributed by atoms with Gasteiger partial charge in [0, 0.05) is 24.2 Å². The molecule has 7 heteroatoms. The number of hydrogen-bond donors (Lipinski definition) is 1. The van der Waals surface area contributed by atoms with E-state index in [2.05, 4.69) is 10.4 Å². The molecule has 124 valence electrons. The van der Waals surface area contributed by atoms with Crippen molar-refractivity contribution >= 4 is 5.91 Å². The van der Waals surface area contributed by atoms with Crippen LogP contribution in [-0.4, -0.2) is 22.2 Å². The molecule has 1 aromatic rings. The SMILES string of the molecule is CC(C)CC(=O)NCCn1nc(C(F)(F)F)c2c1CCCC2. The molecule has 0 unspecified atom stereocenters. The van der Waals surface area contributed by atoms with Crippen molar-refractivity contribution < 1.29 is 18.0 Å². The number of nitrogens with one attached hydrogen (secondary N) is 1. The van der Waals surface area contributed by atoms with Crippen LogP contribution in [0, 0.1) is 5.92 Å². The number of nitrogens with zero attached hydrogens (tertiary/aromatic N) is 2. The van der Waals surface area contributed by atoms with Gasteiger partial charge in [-0.05, 0) is 31.6 Å². The first-order chi connectivity index (χ1) is 10.3. The van der Waals surface area contributed by atoms with Crippen LogP contribution in [0.25, 0.3) is 0 Å². The normalized spacial score (nSPS) is 15.0. The minimum Gasteiger partial charge on any atom is -0.354 e. The van der Waals surface area contributed by atoms with E-state index >= 15 is 0 Å². The number of fused-ring (bicyclic) bond motifs is 1. The monoisotopic (exact) mass is 317 g/mol. The maximum atomic E-state index is 13.0. The van der Waals surface area contributed by atoms with E-state index in [-0.39, 0.29) is 18.4 Å². The third kappa shape index (κ3) is 4.01. The van der Waals surface area contributed by atoms with E-state index in [0.717, 1.165) is 12.8 Å². The maximum absolute atomic E-state index is 13.0. The first-order valence-corrected chi connectivity index (χ1v) is 7.71. The summed E-state index contributed by atoms with van der Waals surface area (Å²) in [6.45, 7) is 4.47. The number of halogens is 3. The third-order valence-corrected chi connectivity index (χ3v) is 3.76. The Balaban J connectivity index is 2.05. The third-order valence-electron chi connectivity index (χ3n) is 3.76.